The Balaban J connectivity index is 1.64. The van der Waals surface area contributed by atoms with Crippen LogP contribution in [-0.2, 0) is 5.41 Å². The summed E-state index contributed by atoms with van der Waals surface area (Å²) < 4.78 is 5.78. The number of fused-ring (bicyclic) bond motifs is 3. The summed E-state index contributed by atoms with van der Waals surface area (Å²) in [6.45, 7) is 4.93. The maximum Gasteiger partial charge on any atom is 0.138 e. The molecule has 172 valence electrons. The molecule has 0 aromatic heterocycles. The third-order valence-corrected chi connectivity index (χ3v) is 8.51. The zero-order chi connectivity index (χ0) is 23.5. The molecule has 3 nitrogen and oxygen atoms in total. The largest absolute Gasteiger partial charge is 0.492 e. The van der Waals surface area contributed by atoms with Crippen molar-refractivity contribution in [3.63, 3.8) is 0 Å². The molecule has 3 fully saturated rings. The fraction of sp³-hybridized carbons (Fsp3) is 0.517. The lowest BCUT2D eigenvalue weighted by Gasteiger charge is -2.54. The number of hydrogen-bond donors (Lipinski definition) is 0. The van der Waals surface area contributed by atoms with Gasteiger partial charge in [0.1, 0.15) is 23.5 Å². The van der Waals surface area contributed by atoms with E-state index in [0.717, 1.165) is 18.4 Å². The second-order valence-corrected chi connectivity index (χ2v) is 10.4. The highest BCUT2D eigenvalue weighted by Crippen LogP contribution is 2.59. The topological polar surface area (TPSA) is 56.8 Å². The summed E-state index contributed by atoms with van der Waals surface area (Å²) >= 11 is 6.84. The summed E-state index contributed by atoms with van der Waals surface area (Å²) in [4.78, 5) is 0. The van der Waals surface area contributed by atoms with Crippen LogP contribution in [0.15, 0.2) is 30.3 Å². The van der Waals surface area contributed by atoms with E-state index in [1.54, 1.807) is 6.07 Å². The van der Waals surface area contributed by atoms with Crippen LogP contribution < -0.4 is 4.74 Å². The number of rotatable bonds is 8. The van der Waals surface area contributed by atoms with E-state index >= 15 is 0 Å². The SMILES string of the molecule is CCCCOc1ccc(-c2ccc(C34CCC(CCC)(CC3)CC4)cc2Cl)c(C#N)c1C#N. The summed E-state index contributed by atoms with van der Waals surface area (Å²) in [5.41, 5.74) is 4.27. The molecule has 3 aliphatic rings. The van der Waals surface area contributed by atoms with Crippen molar-refractivity contribution >= 4 is 11.6 Å². The van der Waals surface area contributed by atoms with Crippen LogP contribution in [0.5, 0.6) is 5.75 Å². The van der Waals surface area contributed by atoms with E-state index in [4.69, 9.17) is 16.3 Å². The van der Waals surface area contributed by atoms with Crippen molar-refractivity contribution in [2.45, 2.75) is 83.5 Å². The van der Waals surface area contributed by atoms with Crippen molar-refractivity contribution in [1.29, 1.82) is 10.5 Å². The first kappa shape index (κ1) is 23.7. The molecule has 0 saturated heterocycles. The minimum absolute atomic E-state index is 0.241. The predicted molar refractivity (Wildman–Crippen MR) is 133 cm³/mol. The summed E-state index contributed by atoms with van der Waals surface area (Å²) in [6.07, 6.45) is 12.3. The fourth-order valence-corrected chi connectivity index (χ4v) is 6.43. The molecule has 2 aromatic carbocycles. The molecule has 2 aromatic rings. The lowest BCUT2D eigenvalue weighted by Crippen LogP contribution is -2.44. The average molecular weight is 461 g/mol. The Bertz CT molecular complexity index is 1080. The van der Waals surface area contributed by atoms with E-state index in [0.29, 0.717) is 33.9 Å². The van der Waals surface area contributed by atoms with E-state index < -0.39 is 0 Å². The molecule has 2 bridgehead atoms. The van der Waals surface area contributed by atoms with E-state index in [1.165, 1.54) is 56.9 Å². The molecule has 0 N–H and O–H groups in total. The Labute approximate surface area is 203 Å². The van der Waals surface area contributed by atoms with Crippen molar-refractivity contribution in [3.8, 4) is 29.0 Å². The fourth-order valence-electron chi connectivity index (χ4n) is 6.15. The molecule has 0 radical (unpaired) electrons. The highest BCUT2D eigenvalue weighted by molar-refractivity contribution is 6.33. The molecule has 3 saturated carbocycles. The standard InChI is InChI=1S/C29H33ClN2O/c1-3-5-17-33-27-9-8-22(24(19-31)25(27)20-32)23-7-6-21(18-26(23)30)29-14-11-28(10-4-2,12-15-29)13-16-29/h6-9,18H,3-5,10-17H2,1-2H3. The van der Waals surface area contributed by atoms with Crippen molar-refractivity contribution in [1.82, 2.24) is 0 Å². The summed E-state index contributed by atoms with van der Waals surface area (Å²) in [6, 6.07) is 14.4. The number of halogens is 1. The molecule has 0 heterocycles. The maximum atomic E-state index is 9.89. The Morgan fingerprint density at radius 3 is 2.12 bits per heavy atom. The lowest BCUT2D eigenvalue weighted by atomic mass is 9.51. The van der Waals surface area contributed by atoms with Crippen LogP contribution in [0.2, 0.25) is 5.02 Å². The van der Waals surface area contributed by atoms with Crippen LogP contribution in [0.1, 0.15) is 94.7 Å². The second kappa shape index (κ2) is 9.79. The number of hydrogen-bond acceptors (Lipinski definition) is 3. The van der Waals surface area contributed by atoms with Crippen molar-refractivity contribution < 1.29 is 4.74 Å². The quantitative estimate of drug-likeness (QED) is 0.372. The first-order chi connectivity index (χ1) is 16.0. The molecular weight excluding hydrogens is 428 g/mol. The zero-order valence-corrected chi connectivity index (χ0v) is 20.6. The highest BCUT2D eigenvalue weighted by atomic mass is 35.5. The zero-order valence-electron chi connectivity index (χ0n) is 19.8. The third kappa shape index (κ3) is 4.37. The maximum absolute atomic E-state index is 9.89. The Hall–Kier alpha value is -2.49. The molecule has 0 spiro atoms. The minimum atomic E-state index is 0.241. The molecule has 0 aliphatic heterocycles. The van der Waals surface area contributed by atoms with E-state index in [1.807, 2.05) is 12.1 Å². The van der Waals surface area contributed by atoms with Gasteiger partial charge in [-0.2, -0.15) is 10.5 Å². The van der Waals surface area contributed by atoms with Crippen LogP contribution in [-0.4, -0.2) is 6.61 Å². The van der Waals surface area contributed by atoms with Crippen molar-refractivity contribution in [3.05, 3.63) is 52.0 Å². The Morgan fingerprint density at radius 1 is 0.879 bits per heavy atom. The van der Waals surface area contributed by atoms with E-state index in [9.17, 15) is 10.5 Å². The number of ether oxygens (including phenoxy) is 1. The van der Waals surface area contributed by atoms with Gasteiger partial charge in [-0.05, 0) is 86.0 Å². The Kier molecular flexibility index (Phi) is 7.02. The molecule has 0 amide bonds. The number of nitrogens with zero attached hydrogens (tertiary/aromatic N) is 2. The van der Waals surface area contributed by atoms with E-state index in [2.05, 4.69) is 38.1 Å². The molecule has 4 heteroatoms. The minimum Gasteiger partial charge on any atom is -0.492 e. The van der Waals surface area contributed by atoms with Gasteiger partial charge in [-0.15, -0.1) is 0 Å². The van der Waals surface area contributed by atoms with Gasteiger partial charge in [0.2, 0.25) is 0 Å². The number of unbranched alkanes of at least 4 members (excludes halogenated alkanes) is 1. The first-order valence-corrected chi connectivity index (χ1v) is 12.8. The van der Waals surface area contributed by atoms with Crippen molar-refractivity contribution in [2.75, 3.05) is 6.61 Å². The van der Waals surface area contributed by atoms with Crippen LogP contribution in [0.25, 0.3) is 11.1 Å². The summed E-state index contributed by atoms with van der Waals surface area (Å²) in [5.74, 6) is 0.470. The number of nitriles is 2. The van der Waals surface area contributed by atoms with Gasteiger partial charge in [-0.1, -0.05) is 50.4 Å². The van der Waals surface area contributed by atoms with Gasteiger partial charge in [0.15, 0.2) is 0 Å². The summed E-state index contributed by atoms with van der Waals surface area (Å²) in [7, 11) is 0. The van der Waals surface area contributed by atoms with Crippen molar-refractivity contribution in [2.24, 2.45) is 5.41 Å². The lowest BCUT2D eigenvalue weighted by molar-refractivity contribution is 0.0320. The molecule has 3 aliphatic carbocycles. The van der Waals surface area contributed by atoms with Gasteiger partial charge in [0.25, 0.3) is 0 Å². The summed E-state index contributed by atoms with van der Waals surface area (Å²) in [5, 5.41) is 20.3. The van der Waals surface area contributed by atoms with Gasteiger partial charge >= 0.3 is 0 Å². The van der Waals surface area contributed by atoms with Gasteiger partial charge in [0, 0.05) is 16.1 Å². The monoisotopic (exact) mass is 460 g/mol. The van der Waals surface area contributed by atoms with Crippen LogP contribution in [0, 0.1) is 28.1 Å². The van der Waals surface area contributed by atoms with Crippen LogP contribution >= 0.6 is 11.6 Å². The van der Waals surface area contributed by atoms with Crippen LogP contribution in [0.3, 0.4) is 0 Å². The smallest absolute Gasteiger partial charge is 0.138 e. The van der Waals surface area contributed by atoms with Gasteiger partial charge < -0.3 is 4.74 Å². The van der Waals surface area contributed by atoms with Gasteiger partial charge in [0.05, 0.1) is 12.2 Å². The molecule has 0 unspecified atom stereocenters. The highest BCUT2D eigenvalue weighted by Gasteiger charge is 2.48. The average Bonchev–Trinajstić information content (AvgIpc) is 2.85. The predicted octanol–water partition coefficient (Wildman–Crippen LogP) is 8.32. The second-order valence-electron chi connectivity index (χ2n) is 10.0. The third-order valence-electron chi connectivity index (χ3n) is 8.20. The normalized spacial score (nSPS) is 23.7. The molecule has 0 atom stereocenters. The Morgan fingerprint density at radius 2 is 1.55 bits per heavy atom. The van der Waals surface area contributed by atoms with Gasteiger partial charge in [-0.3, -0.25) is 0 Å². The van der Waals surface area contributed by atoms with E-state index in [-0.39, 0.29) is 11.0 Å². The number of benzene rings is 2. The molecule has 5 rings (SSSR count). The first-order valence-electron chi connectivity index (χ1n) is 12.4. The molecular formula is C29H33ClN2O. The van der Waals surface area contributed by atoms with Gasteiger partial charge in [-0.25, -0.2) is 0 Å². The van der Waals surface area contributed by atoms with Crippen LogP contribution in [0.4, 0.5) is 0 Å². The molecule has 33 heavy (non-hydrogen) atoms.